The highest BCUT2D eigenvalue weighted by Crippen LogP contribution is 2.25. The SMILES string of the molecule is O=C1C=C(Oc2cccc(Cl)c2)C(=O)c2ccccc21. The minimum atomic E-state index is -0.305. The Kier molecular flexibility index (Phi) is 3.12. The Balaban J connectivity index is 1.96. The molecule has 2 aromatic rings. The van der Waals surface area contributed by atoms with Gasteiger partial charge in [0.25, 0.3) is 0 Å². The summed E-state index contributed by atoms with van der Waals surface area (Å²) in [6.45, 7) is 0. The molecule has 0 unspecified atom stereocenters. The van der Waals surface area contributed by atoms with Gasteiger partial charge in [0.15, 0.2) is 11.5 Å². The van der Waals surface area contributed by atoms with E-state index in [0.717, 1.165) is 0 Å². The van der Waals surface area contributed by atoms with Crippen molar-refractivity contribution in [2.24, 2.45) is 0 Å². The fourth-order valence-electron chi connectivity index (χ4n) is 2.02. The van der Waals surface area contributed by atoms with E-state index in [9.17, 15) is 9.59 Å². The fourth-order valence-corrected chi connectivity index (χ4v) is 2.20. The molecule has 4 heteroatoms. The molecule has 0 aromatic heterocycles. The van der Waals surface area contributed by atoms with Gasteiger partial charge in [-0.2, -0.15) is 0 Å². The highest BCUT2D eigenvalue weighted by atomic mass is 35.5. The standard InChI is InChI=1S/C16H9ClO3/c17-10-4-3-5-11(8-10)20-15-9-14(18)12-6-1-2-7-13(12)16(15)19/h1-9H. The smallest absolute Gasteiger partial charge is 0.229 e. The van der Waals surface area contributed by atoms with Crippen LogP contribution in [0.4, 0.5) is 0 Å². The predicted octanol–water partition coefficient (Wildman–Crippen LogP) is 3.68. The lowest BCUT2D eigenvalue weighted by Gasteiger charge is -2.15. The third-order valence-corrected chi connectivity index (χ3v) is 3.18. The van der Waals surface area contributed by atoms with E-state index < -0.39 is 0 Å². The van der Waals surface area contributed by atoms with Crippen molar-refractivity contribution in [2.75, 3.05) is 0 Å². The van der Waals surface area contributed by atoms with Crippen LogP contribution in [-0.2, 0) is 0 Å². The van der Waals surface area contributed by atoms with Crippen LogP contribution in [0, 0.1) is 0 Å². The zero-order valence-corrected chi connectivity index (χ0v) is 11.1. The third-order valence-electron chi connectivity index (χ3n) is 2.95. The van der Waals surface area contributed by atoms with Crippen molar-refractivity contribution < 1.29 is 14.3 Å². The molecule has 1 aliphatic rings. The highest BCUT2D eigenvalue weighted by Gasteiger charge is 2.26. The van der Waals surface area contributed by atoms with E-state index in [0.29, 0.717) is 21.9 Å². The highest BCUT2D eigenvalue weighted by molar-refractivity contribution is 6.30. The van der Waals surface area contributed by atoms with Gasteiger partial charge < -0.3 is 4.74 Å². The van der Waals surface area contributed by atoms with Crippen LogP contribution >= 0.6 is 11.6 Å². The van der Waals surface area contributed by atoms with E-state index in [1.807, 2.05) is 0 Å². The van der Waals surface area contributed by atoms with Crippen LogP contribution in [0.2, 0.25) is 5.02 Å². The predicted molar refractivity (Wildman–Crippen MR) is 75.3 cm³/mol. The summed E-state index contributed by atoms with van der Waals surface area (Å²) in [5.41, 5.74) is 0.757. The first-order valence-electron chi connectivity index (χ1n) is 5.98. The normalized spacial score (nSPS) is 13.8. The summed E-state index contributed by atoms with van der Waals surface area (Å²) in [4.78, 5) is 24.2. The minimum absolute atomic E-state index is 0.0102. The Morgan fingerprint density at radius 3 is 2.40 bits per heavy atom. The Labute approximate surface area is 120 Å². The van der Waals surface area contributed by atoms with Gasteiger partial charge in [-0.3, -0.25) is 9.59 Å². The number of Topliss-reactive ketones (excluding diaryl/α,β-unsaturated/α-hetero) is 1. The summed E-state index contributed by atoms with van der Waals surface area (Å²) in [6.07, 6.45) is 1.21. The largest absolute Gasteiger partial charge is 0.453 e. The van der Waals surface area contributed by atoms with Gasteiger partial charge in [-0.05, 0) is 18.2 Å². The molecule has 3 nitrogen and oxygen atoms in total. The first-order chi connectivity index (χ1) is 9.65. The average molecular weight is 285 g/mol. The molecular weight excluding hydrogens is 276 g/mol. The van der Waals surface area contributed by atoms with Crippen molar-refractivity contribution in [2.45, 2.75) is 0 Å². The van der Waals surface area contributed by atoms with Gasteiger partial charge >= 0.3 is 0 Å². The third kappa shape index (κ3) is 2.24. The second kappa shape index (κ2) is 4.94. The summed E-state index contributed by atoms with van der Waals surface area (Å²) in [7, 11) is 0. The maximum atomic E-state index is 12.3. The van der Waals surface area contributed by atoms with E-state index in [1.54, 1.807) is 48.5 Å². The van der Waals surface area contributed by atoms with Gasteiger partial charge in [0.1, 0.15) is 5.75 Å². The molecule has 0 amide bonds. The second-order valence-electron chi connectivity index (χ2n) is 4.31. The molecular formula is C16H9ClO3. The second-order valence-corrected chi connectivity index (χ2v) is 4.74. The lowest BCUT2D eigenvalue weighted by molar-refractivity contribution is 0.0947. The number of carbonyl (C=O) groups is 2. The van der Waals surface area contributed by atoms with Gasteiger partial charge in [-0.15, -0.1) is 0 Å². The molecule has 0 aliphatic heterocycles. The average Bonchev–Trinajstić information content (AvgIpc) is 2.45. The van der Waals surface area contributed by atoms with Crippen LogP contribution in [0.5, 0.6) is 5.75 Å². The zero-order valence-electron chi connectivity index (χ0n) is 10.3. The van der Waals surface area contributed by atoms with Crippen LogP contribution in [0.1, 0.15) is 20.7 Å². The number of allylic oxidation sites excluding steroid dienone is 2. The quantitative estimate of drug-likeness (QED) is 0.845. The Hall–Kier alpha value is -2.39. The maximum Gasteiger partial charge on any atom is 0.229 e. The number of carbonyl (C=O) groups excluding carboxylic acids is 2. The number of hydrogen-bond donors (Lipinski definition) is 0. The summed E-state index contributed by atoms with van der Waals surface area (Å²) < 4.78 is 5.48. The monoisotopic (exact) mass is 284 g/mol. The van der Waals surface area contributed by atoms with E-state index in [4.69, 9.17) is 16.3 Å². The first kappa shape index (κ1) is 12.6. The van der Waals surface area contributed by atoms with Crippen LogP contribution in [0.15, 0.2) is 60.4 Å². The summed E-state index contributed by atoms with van der Waals surface area (Å²) in [5.74, 6) is -0.113. The molecule has 3 rings (SSSR count). The molecule has 0 fully saturated rings. The molecule has 1 aliphatic carbocycles. The van der Waals surface area contributed by atoms with E-state index in [2.05, 4.69) is 0 Å². The summed E-state index contributed by atoms with van der Waals surface area (Å²) >= 11 is 5.86. The molecule has 0 saturated carbocycles. The van der Waals surface area contributed by atoms with Crippen molar-refractivity contribution in [3.05, 3.63) is 76.5 Å². The molecule has 0 radical (unpaired) electrons. The van der Waals surface area contributed by atoms with Crippen molar-refractivity contribution >= 4 is 23.2 Å². The van der Waals surface area contributed by atoms with E-state index >= 15 is 0 Å². The number of rotatable bonds is 2. The van der Waals surface area contributed by atoms with Gasteiger partial charge in [-0.25, -0.2) is 0 Å². The minimum Gasteiger partial charge on any atom is -0.453 e. The molecule has 2 aromatic carbocycles. The number of hydrogen-bond acceptors (Lipinski definition) is 3. The Morgan fingerprint density at radius 1 is 0.900 bits per heavy atom. The molecule has 0 atom stereocenters. The van der Waals surface area contributed by atoms with E-state index in [-0.39, 0.29) is 17.3 Å². The molecule has 0 N–H and O–H groups in total. The maximum absolute atomic E-state index is 12.3. The molecule has 0 saturated heterocycles. The number of ether oxygens (including phenoxy) is 1. The molecule has 0 heterocycles. The van der Waals surface area contributed by atoms with Crippen molar-refractivity contribution in [3.63, 3.8) is 0 Å². The van der Waals surface area contributed by atoms with Gasteiger partial charge in [-0.1, -0.05) is 41.9 Å². The molecule has 98 valence electrons. The van der Waals surface area contributed by atoms with Crippen LogP contribution in [0.25, 0.3) is 0 Å². The zero-order chi connectivity index (χ0) is 14.1. The number of ketones is 2. The fraction of sp³-hybridized carbons (Fsp3) is 0. The van der Waals surface area contributed by atoms with Crippen molar-refractivity contribution in [1.29, 1.82) is 0 Å². The lowest BCUT2D eigenvalue weighted by atomic mass is 9.94. The topological polar surface area (TPSA) is 43.4 Å². The molecule has 0 bridgehead atoms. The van der Waals surface area contributed by atoms with Gasteiger partial charge in [0.2, 0.25) is 5.78 Å². The summed E-state index contributed by atoms with van der Waals surface area (Å²) in [6, 6.07) is 13.3. The van der Waals surface area contributed by atoms with Gasteiger partial charge in [0.05, 0.1) is 0 Å². The number of benzene rings is 2. The summed E-state index contributed by atoms with van der Waals surface area (Å²) in [5, 5.41) is 0.498. The van der Waals surface area contributed by atoms with Crippen LogP contribution in [0.3, 0.4) is 0 Å². The number of fused-ring (bicyclic) bond motifs is 1. The molecule has 0 spiro atoms. The van der Waals surface area contributed by atoms with Crippen molar-refractivity contribution in [1.82, 2.24) is 0 Å². The van der Waals surface area contributed by atoms with Crippen molar-refractivity contribution in [3.8, 4) is 5.75 Å². The molecule has 20 heavy (non-hydrogen) atoms. The van der Waals surface area contributed by atoms with Gasteiger partial charge in [0, 0.05) is 22.2 Å². The number of halogens is 1. The van der Waals surface area contributed by atoms with Crippen LogP contribution in [-0.4, -0.2) is 11.6 Å². The lowest BCUT2D eigenvalue weighted by Crippen LogP contribution is -2.20. The Morgan fingerprint density at radius 2 is 1.65 bits per heavy atom. The Bertz CT molecular complexity index is 747. The van der Waals surface area contributed by atoms with E-state index in [1.165, 1.54) is 6.08 Å². The first-order valence-corrected chi connectivity index (χ1v) is 6.36. The van der Waals surface area contributed by atoms with Crippen LogP contribution < -0.4 is 4.74 Å².